The van der Waals surface area contributed by atoms with Crippen molar-refractivity contribution in [3.05, 3.63) is 17.5 Å². The van der Waals surface area contributed by atoms with Crippen LogP contribution in [-0.4, -0.2) is 69.8 Å². The topological polar surface area (TPSA) is 72.5 Å². The summed E-state index contributed by atoms with van der Waals surface area (Å²) in [4.78, 5) is 16.8. The zero-order valence-corrected chi connectivity index (χ0v) is 16.3. The third-order valence-electron chi connectivity index (χ3n) is 4.60. The van der Waals surface area contributed by atoms with E-state index >= 15 is 0 Å². The average molecular weight is 351 g/mol. The maximum atomic E-state index is 12.7. The molecule has 0 saturated carbocycles. The van der Waals surface area contributed by atoms with Crippen LogP contribution in [0.2, 0.25) is 0 Å². The molecule has 1 aromatic rings. The second-order valence-electron chi connectivity index (χ2n) is 8.35. The minimum atomic E-state index is -0.395. The number of hydrogen-bond acceptors (Lipinski definition) is 4. The Hall–Kier alpha value is -1.40. The van der Waals surface area contributed by atoms with Crippen LogP contribution in [0.3, 0.4) is 0 Å². The van der Waals surface area contributed by atoms with E-state index in [4.69, 9.17) is 0 Å². The number of amides is 1. The second-order valence-corrected chi connectivity index (χ2v) is 8.35. The highest BCUT2D eigenvalue weighted by atomic mass is 16.3. The zero-order valence-electron chi connectivity index (χ0n) is 16.3. The smallest absolute Gasteiger partial charge is 0.236 e. The molecule has 1 saturated heterocycles. The Morgan fingerprint density at radius 2 is 1.96 bits per heavy atom. The van der Waals surface area contributed by atoms with Gasteiger partial charge in [0.1, 0.15) is 0 Å². The predicted molar refractivity (Wildman–Crippen MR) is 99.2 cm³/mol. The molecule has 1 amide bonds. The van der Waals surface area contributed by atoms with Crippen LogP contribution >= 0.6 is 0 Å². The molecule has 6 nitrogen and oxygen atoms in total. The Labute approximate surface area is 151 Å². The van der Waals surface area contributed by atoms with Crippen molar-refractivity contribution in [2.45, 2.75) is 47.1 Å². The van der Waals surface area contributed by atoms with E-state index in [-0.39, 0.29) is 11.8 Å². The van der Waals surface area contributed by atoms with Gasteiger partial charge in [-0.25, -0.2) is 0 Å². The van der Waals surface area contributed by atoms with Crippen LogP contribution in [0.4, 0.5) is 0 Å². The molecule has 2 heterocycles. The molecule has 0 radical (unpaired) electrons. The highest BCUT2D eigenvalue weighted by Crippen LogP contribution is 2.21. The fourth-order valence-corrected chi connectivity index (χ4v) is 3.57. The molecule has 1 fully saturated rings. The van der Waals surface area contributed by atoms with E-state index in [9.17, 15) is 9.90 Å². The van der Waals surface area contributed by atoms with Gasteiger partial charge in [0.2, 0.25) is 5.91 Å². The molecule has 2 atom stereocenters. The first-order valence-corrected chi connectivity index (χ1v) is 9.43. The normalized spacial score (nSPS) is 21.4. The first-order valence-electron chi connectivity index (χ1n) is 9.43. The number of carbonyl (C=O) groups is 1. The van der Waals surface area contributed by atoms with Crippen LogP contribution in [0.15, 0.2) is 6.07 Å². The van der Waals surface area contributed by atoms with Gasteiger partial charge in [0.05, 0.1) is 18.3 Å². The maximum Gasteiger partial charge on any atom is 0.236 e. The van der Waals surface area contributed by atoms with Crippen molar-refractivity contribution in [1.29, 1.82) is 0 Å². The summed E-state index contributed by atoms with van der Waals surface area (Å²) < 4.78 is 0. The molecule has 2 rings (SSSR count). The minimum absolute atomic E-state index is 0.138. The van der Waals surface area contributed by atoms with Crippen LogP contribution in [0.25, 0.3) is 0 Å². The highest BCUT2D eigenvalue weighted by Gasteiger charge is 2.33. The van der Waals surface area contributed by atoms with Gasteiger partial charge in [-0.05, 0) is 31.2 Å². The van der Waals surface area contributed by atoms with Gasteiger partial charge < -0.3 is 10.0 Å². The molecule has 0 aliphatic carbocycles. The summed E-state index contributed by atoms with van der Waals surface area (Å²) in [5.74, 6) is 1.23. The Kier molecular flexibility index (Phi) is 7.02. The molecule has 6 heteroatoms. The number of rotatable bonds is 8. The molecule has 142 valence electrons. The van der Waals surface area contributed by atoms with Gasteiger partial charge in [-0.3, -0.25) is 14.8 Å². The number of hydrogen-bond donors (Lipinski definition) is 2. The van der Waals surface area contributed by atoms with E-state index in [1.165, 1.54) is 0 Å². The van der Waals surface area contributed by atoms with Gasteiger partial charge in [-0.2, -0.15) is 5.10 Å². The summed E-state index contributed by atoms with van der Waals surface area (Å²) in [5.41, 5.74) is 2.02. The number of carbonyl (C=O) groups excluding carboxylic acids is 1. The van der Waals surface area contributed by atoms with E-state index in [0.29, 0.717) is 24.9 Å². The lowest BCUT2D eigenvalue weighted by molar-refractivity contribution is -0.133. The van der Waals surface area contributed by atoms with Crippen molar-refractivity contribution in [3.63, 3.8) is 0 Å². The Morgan fingerprint density at radius 1 is 1.32 bits per heavy atom. The minimum Gasteiger partial charge on any atom is -0.391 e. The predicted octanol–water partition coefficient (Wildman–Crippen LogP) is 1.69. The number of aromatic amines is 1. The molecule has 0 spiro atoms. The highest BCUT2D eigenvalue weighted by molar-refractivity contribution is 5.78. The van der Waals surface area contributed by atoms with Crippen LogP contribution in [-0.2, 0) is 11.2 Å². The number of nitrogens with one attached hydrogen (secondary N) is 1. The van der Waals surface area contributed by atoms with Crippen molar-refractivity contribution >= 4 is 5.91 Å². The van der Waals surface area contributed by atoms with E-state index in [1.807, 2.05) is 17.9 Å². The van der Waals surface area contributed by atoms with Gasteiger partial charge in [0.25, 0.3) is 0 Å². The lowest BCUT2D eigenvalue weighted by Crippen LogP contribution is -2.43. The van der Waals surface area contributed by atoms with Crippen LogP contribution in [0.5, 0.6) is 0 Å². The number of aromatic nitrogens is 2. The van der Waals surface area contributed by atoms with E-state index in [1.54, 1.807) is 0 Å². The number of H-pyrrole nitrogens is 1. The van der Waals surface area contributed by atoms with Gasteiger partial charge in [-0.1, -0.05) is 27.7 Å². The molecule has 0 bridgehead atoms. The summed E-state index contributed by atoms with van der Waals surface area (Å²) in [6, 6.07) is 2.02. The number of nitrogens with zero attached hydrogens (tertiary/aromatic N) is 3. The molecule has 2 unspecified atom stereocenters. The molecular formula is C19H34N4O2. The summed E-state index contributed by atoms with van der Waals surface area (Å²) in [6.07, 6.45) is 0.353. The lowest BCUT2D eigenvalue weighted by atomic mass is 10.0. The number of aryl methyl sites for hydroxylation is 1. The summed E-state index contributed by atoms with van der Waals surface area (Å²) in [7, 11) is 0. The number of likely N-dealkylation sites (tertiary alicyclic amines) is 1. The SMILES string of the molecule is Cc1cc(CC2CN(CC(=O)N(CC(C)C)CC(C)C)CC2O)n[nH]1. The second kappa shape index (κ2) is 8.81. The third kappa shape index (κ3) is 6.12. The summed E-state index contributed by atoms with van der Waals surface area (Å²) in [6.45, 7) is 13.8. The molecular weight excluding hydrogens is 316 g/mol. The fourth-order valence-electron chi connectivity index (χ4n) is 3.57. The molecule has 1 aromatic heterocycles. The van der Waals surface area contributed by atoms with Crippen molar-refractivity contribution in [2.24, 2.45) is 17.8 Å². The fraction of sp³-hybridized carbons (Fsp3) is 0.789. The monoisotopic (exact) mass is 350 g/mol. The molecule has 25 heavy (non-hydrogen) atoms. The molecule has 0 aromatic carbocycles. The van der Waals surface area contributed by atoms with E-state index in [2.05, 4.69) is 42.8 Å². The van der Waals surface area contributed by atoms with Crippen LogP contribution in [0, 0.1) is 24.7 Å². The van der Waals surface area contributed by atoms with Gasteiger partial charge in [0.15, 0.2) is 0 Å². The van der Waals surface area contributed by atoms with Gasteiger partial charge >= 0.3 is 0 Å². The van der Waals surface area contributed by atoms with Crippen LogP contribution < -0.4 is 0 Å². The quantitative estimate of drug-likeness (QED) is 0.748. The Bertz CT molecular complexity index is 545. The first kappa shape index (κ1) is 19.9. The average Bonchev–Trinajstić information content (AvgIpc) is 3.04. The molecule has 1 aliphatic rings. The van der Waals surface area contributed by atoms with E-state index < -0.39 is 6.10 Å². The summed E-state index contributed by atoms with van der Waals surface area (Å²) >= 11 is 0. The Balaban J connectivity index is 1.89. The molecule has 1 aliphatic heterocycles. The zero-order chi connectivity index (χ0) is 18.6. The van der Waals surface area contributed by atoms with Crippen molar-refractivity contribution in [1.82, 2.24) is 20.0 Å². The number of aliphatic hydroxyl groups excluding tert-OH is 1. The summed E-state index contributed by atoms with van der Waals surface area (Å²) in [5, 5.41) is 17.6. The van der Waals surface area contributed by atoms with Crippen LogP contribution in [0.1, 0.15) is 39.1 Å². The Morgan fingerprint density at radius 3 is 2.48 bits per heavy atom. The van der Waals surface area contributed by atoms with Crippen molar-refractivity contribution in [2.75, 3.05) is 32.7 Å². The van der Waals surface area contributed by atoms with Crippen molar-refractivity contribution in [3.8, 4) is 0 Å². The van der Waals surface area contributed by atoms with Gasteiger partial charge in [-0.15, -0.1) is 0 Å². The lowest BCUT2D eigenvalue weighted by Gasteiger charge is -2.28. The van der Waals surface area contributed by atoms with E-state index in [0.717, 1.165) is 37.4 Å². The largest absolute Gasteiger partial charge is 0.391 e. The molecule has 2 N–H and O–H groups in total. The first-order chi connectivity index (χ1) is 11.7. The number of β-amino-alcohol motifs (C(OH)–C–C–N with tert-alkyl or cyclic N) is 1. The van der Waals surface area contributed by atoms with Gasteiger partial charge in [0, 0.05) is 37.8 Å². The third-order valence-corrected chi connectivity index (χ3v) is 4.60. The maximum absolute atomic E-state index is 12.7. The number of aliphatic hydroxyl groups is 1. The van der Waals surface area contributed by atoms with Crippen molar-refractivity contribution < 1.29 is 9.90 Å². The standard InChI is InChI=1S/C19H34N4O2/c1-13(2)8-23(9-14(3)4)19(25)12-22-10-16(18(24)11-22)7-17-6-15(5)20-21-17/h6,13-14,16,18,24H,7-12H2,1-5H3,(H,20,21).